The van der Waals surface area contributed by atoms with E-state index in [0.717, 1.165) is 24.0 Å². The average Bonchev–Trinajstić information content (AvgIpc) is 3.33. The lowest BCUT2D eigenvalue weighted by Gasteiger charge is -2.35. The van der Waals surface area contributed by atoms with Gasteiger partial charge in [-0.2, -0.15) is 0 Å². The lowest BCUT2D eigenvalue weighted by Crippen LogP contribution is -2.54. The largest absolute Gasteiger partial charge is 0.466 e. The summed E-state index contributed by atoms with van der Waals surface area (Å²) in [6.07, 6.45) is 3.63. The molecule has 198 valence electrons. The van der Waals surface area contributed by atoms with Crippen molar-refractivity contribution in [2.24, 2.45) is 17.8 Å². The van der Waals surface area contributed by atoms with Crippen LogP contribution in [0.15, 0.2) is 18.2 Å². The van der Waals surface area contributed by atoms with Crippen molar-refractivity contribution in [2.75, 3.05) is 25.1 Å². The number of unbranched alkanes of at least 4 members (excludes halogenated alkanes) is 3. The van der Waals surface area contributed by atoms with E-state index >= 15 is 0 Å². The third-order valence-corrected chi connectivity index (χ3v) is 8.56. The van der Waals surface area contributed by atoms with Gasteiger partial charge in [0.2, 0.25) is 11.8 Å². The van der Waals surface area contributed by atoms with Gasteiger partial charge in [0, 0.05) is 18.8 Å². The quantitative estimate of drug-likeness (QED) is 0.377. The summed E-state index contributed by atoms with van der Waals surface area (Å²) in [6.45, 7) is 10.3. The summed E-state index contributed by atoms with van der Waals surface area (Å²) in [4.78, 5) is 42.7. The number of fused-ring (bicyclic) bond motifs is 1. The summed E-state index contributed by atoms with van der Waals surface area (Å²) in [5.41, 5.74) is 0.734. The maximum Gasteiger partial charge on any atom is 0.312 e. The molecule has 3 unspecified atom stereocenters. The Hall–Kier alpha value is -2.45. The Morgan fingerprint density at radius 1 is 1.22 bits per heavy atom. The van der Waals surface area contributed by atoms with Gasteiger partial charge in [-0.3, -0.25) is 14.4 Å². The Morgan fingerprint density at radius 2 is 1.94 bits per heavy atom. The number of hydrogen-bond acceptors (Lipinski definition) is 6. The van der Waals surface area contributed by atoms with Crippen LogP contribution in [0, 0.1) is 31.6 Å². The third-order valence-electron chi connectivity index (χ3n) is 8.56. The Balaban J connectivity index is 1.70. The average molecular weight is 501 g/mol. The Kier molecular flexibility index (Phi) is 7.49. The number of amides is 2. The van der Waals surface area contributed by atoms with E-state index in [2.05, 4.69) is 5.32 Å². The van der Waals surface area contributed by atoms with Gasteiger partial charge in [-0.15, -0.1) is 0 Å². The highest BCUT2D eigenvalue weighted by Gasteiger charge is 2.80. The number of carbonyl (C=O) groups excluding carboxylic acids is 3. The molecule has 3 aliphatic heterocycles. The molecule has 8 heteroatoms. The van der Waals surface area contributed by atoms with Gasteiger partial charge in [-0.25, -0.2) is 0 Å². The second-order valence-electron chi connectivity index (χ2n) is 10.9. The maximum absolute atomic E-state index is 14.0. The van der Waals surface area contributed by atoms with Gasteiger partial charge in [-0.05, 0) is 70.1 Å². The van der Waals surface area contributed by atoms with Crippen LogP contribution in [0.4, 0.5) is 5.69 Å². The van der Waals surface area contributed by atoms with Crippen molar-refractivity contribution in [1.82, 2.24) is 4.90 Å². The van der Waals surface area contributed by atoms with Crippen LogP contribution in [0.2, 0.25) is 0 Å². The predicted octanol–water partition coefficient (Wildman–Crippen LogP) is 3.37. The number of carbonyl (C=O) groups is 3. The second kappa shape index (κ2) is 10.1. The predicted molar refractivity (Wildman–Crippen MR) is 135 cm³/mol. The molecule has 36 heavy (non-hydrogen) atoms. The molecule has 4 rings (SSSR count). The molecule has 3 fully saturated rings. The van der Waals surface area contributed by atoms with Crippen LogP contribution in [-0.2, 0) is 23.9 Å². The monoisotopic (exact) mass is 500 g/mol. The number of nitrogens with zero attached hydrogens (tertiary/aromatic N) is 1. The summed E-state index contributed by atoms with van der Waals surface area (Å²) < 4.78 is 12.1. The number of aliphatic hydroxyl groups is 1. The minimum atomic E-state index is -1.07. The molecule has 3 aliphatic rings. The molecule has 2 bridgehead atoms. The van der Waals surface area contributed by atoms with Crippen molar-refractivity contribution in [2.45, 2.75) is 84.0 Å². The highest BCUT2D eigenvalue weighted by Crippen LogP contribution is 2.65. The number of anilines is 1. The molecule has 1 spiro atoms. The number of ether oxygens (including phenoxy) is 2. The zero-order valence-corrected chi connectivity index (χ0v) is 22.1. The van der Waals surface area contributed by atoms with Crippen LogP contribution in [-0.4, -0.2) is 64.8 Å². The van der Waals surface area contributed by atoms with Gasteiger partial charge in [0.1, 0.15) is 17.6 Å². The Labute approximate surface area is 213 Å². The molecule has 2 amide bonds. The first-order chi connectivity index (χ1) is 17.1. The smallest absolute Gasteiger partial charge is 0.312 e. The summed E-state index contributed by atoms with van der Waals surface area (Å²) in [7, 11) is 0. The van der Waals surface area contributed by atoms with E-state index in [1.54, 1.807) is 11.8 Å². The van der Waals surface area contributed by atoms with Gasteiger partial charge in [0.25, 0.3) is 0 Å². The minimum absolute atomic E-state index is 0.0172. The van der Waals surface area contributed by atoms with Crippen LogP contribution in [0.1, 0.15) is 64.0 Å². The number of aliphatic hydroxyl groups excluding tert-OH is 1. The molecule has 6 atom stereocenters. The van der Waals surface area contributed by atoms with Crippen LogP contribution < -0.4 is 5.32 Å². The summed E-state index contributed by atoms with van der Waals surface area (Å²) in [6, 6.07) is 5.04. The van der Waals surface area contributed by atoms with Crippen LogP contribution in [0.3, 0.4) is 0 Å². The van der Waals surface area contributed by atoms with Gasteiger partial charge in [-0.1, -0.05) is 31.9 Å². The number of hydrogen-bond donors (Lipinski definition) is 2. The van der Waals surface area contributed by atoms with Gasteiger partial charge in [0.05, 0.1) is 18.1 Å². The molecule has 3 saturated heterocycles. The first kappa shape index (κ1) is 26.6. The normalized spacial score (nSPS) is 32.6. The molecule has 0 saturated carbocycles. The van der Waals surface area contributed by atoms with Crippen molar-refractivity contribution in [1.29, 1.82) is 0 Å². The number of rotatable bonds is 10. The van der Waals surface area contributed by atoms with Crippen LogP contribution >= 0.6 is 0 Å². The number of likely N-dealkylation sites (tertiary alicyclic amines) is 1. The number of esters is 1. The highest BCUT2D eigenvalue weighted by atomic mass is 16.6. The molecular formula is C28H40N2O6. The number of nitrogens with one attached hydrogen (secondary N) is 1. The Bertz CT molecular complexity index is 1030. The zero-order chi connectivity index (χ0) is 26.3. The third kappa shape index (κ3) is 4.22. The minimum Gasteiger partial charge on any atom is -0.466 e. The first-order valence-electron chi connectivity index (χ1n) is 13.3. The van der Waals surface area contributed by atoms with Gasteiger partial charge < -0.3 is 24.8 Å². The number of aryl methyl sites for hydroxylation is 2. The molecule has 0 aliphatic carbocycles. The van der Waals surface area contributed by atoms with E-state index in [0.29, 0.717) is 31.5 Å². The van der Waals surface area contributed by atoms with Crippen molar-refractivity contribution >= 4 is 23.5 Å². The van der Waals surface area contributed by atoms with E-state index < -0.39 is 35.0 Å². The van der Waals surface area contributed by atoms with E-state index in [1.807, 2.05) is 45.9 Å². The fraction of sp³-hybridized carbons (Fsp3) is 0.679. The second-order valence-corrected chi connectivity index (χ2v) is 10.9. The molecule has 1 aromatic carbocycles. The van der Waals surface area contributed by atoms with Crippen LogP contribution in [0.5, 0.6) is 0 Å². The van der Waals surface area contributed by atoms with Crippen LogP contribution in [0.25, 0.3) is 0 Å². The van der Waals surface area contributed by atoms with Crippen molar-refractivity contribution in [3.05, 3.63) is 29.3 Å². The van der Waals surface area contributed by atoms with E-state index in [9.17, 15) is 14.4 Å². The molecule has 1 aromatic rings. The maximum atomic E-state index is 14.0. The van der Waals surface area contributed by atoms with E-state index in [-0.39, 0.29) is 30.9 Å². The lowest BCUT2D eigenvalue weighted by atomic mass is 9.62. The van der Waals surface area contributed by atoms with E-state index in [4.69, 9.17) is 14.6 Å². The molecule has 0 aromatic heterocycles. The topological polar surface area (TPSA) is 105 Å². The van der Waals surface area contributed by atoms with Gasteiger partial charge in [0.15, 0.2) is 0 Å². The highest BCUT2D eigenvalue weighted by molar-refractivity contribution is 6.03. The molecule has 2 N–H and O–H groups in total. The van der Waals surface area contributed by atoms with Gasteiger partial charge >= 0.3 is 5.97 Å². The molecule has 3 heterocycles. The molecular weight excluding hydrogens is 460 g/mol. The zero-order valence-electron chi connectivity index (χ0n) is 22.1. The summed E-state index contributed by atoms with van der Waals surface area (Å²) >= 11 is 0. The lowest BCUT2D eigenvalue weighted by molar-refractivity contribution is -0.160. The van der Waals surface area contributed by atoms with Crippen molar-refractivity contribution < 1.29 is 29.0 Å². The molecule has 0 radical (unpaired) electrons. The SMILES string of the molecule is CCOC(=O)[C@@H]1[C@H]2C(=O)N(CCCCCCO)C(C(=O)Nc3cc(C)ccc3C)C23CC(C)[C@@]1(C)O3. The Morgan fingerprint density at radius 3 is 2.64 bits per heavy atom. The summed E-state index contributed by atoms with van der Waals surface area (Å²) in [5, 5.41) is 12.2. The standard InChI is InChI=1S/C28H40N2O6/c1-6-35-26(34)22-21-25(33)30(13-9-7-8-10-14-31)23(28(21)16-19(4)27(22,5)36-28)24(32)29-20-15-17(2)11-12-18(20)3/h11-12,15,19,21-23,31H,6-10,13-14,16H2,1-5H3,(H,29,32)/t19?,21-,22-,23?,27+,28?/m0/s1. The molecule has 8 nitrogen and oxygen atoms in total. The van der Waals surface area contributed by atoms with Crippen molar-refractivity contribution in [3.63, 3.8) is 0 Å². The van der Waals surface area contributed by atoms with E-state index in [1.165, 1.54) is 0 Å². The van der Waals surface area contributed by atoms with Crippen molar-refractivity contribution in [3.8, 4) is 0 Å². The summed E-state index contributed by atoms with van der Waals surface area (Å²) in [5.74, 6) is -2.42. The first-order valence-corrected chi connectivity index (χ1v) is 13.3. The number of benzene rings is 1. The fourth-order valence-corrected chi connectivity index (χ4v) is 6.69. The fourth-order valence-electron chi connectivity index (χ4n) is 6.69.